The minimum Gasteiger partial charge on any atom is -0.497 e. The first kappa shape index (κ1) is 22.5. The number of methoxy groups -OCH3 is 2. The lowest BCUT2D eigenvalue weighted by Crippen LogP contribution is -2.06. The highest BCUT2D eigenvalue weighted by atomic mass is 79.9. The zero-order valence-electron chi connectivity index (χ0n) is 16.0. The molecule has 0 amide bonds. The molecule has 152 valence electrons. The molecule has 1 aromatic heterocycles. The van der Waals surface area contributed by atoms with Gasteiger partial charge in [-0.05, 0) is 42.5 Å². The highest BCUT2D eigenvalue weighted by molar-refractivity contribution is 9.10. The van der Waals surface area contributed by atoms with Crippen LogP contribution in [-0.4, -0.2) is 24.0 Å². The van der Waals surface area contributed by atoms with Crippen molar-refractivity contribution in [3.05, 3.63) is 77.4 Å². The van der Waals surface area contributed by atoms with Crippen LogP contribution >= 0.6 is 28.3 Å². The topological polar surface area (TPSA) is 74.3 Å². The Morgan fingerprint density at radius 2 is 1.62 bits per heavy atom. The third kappa shape index (κ3) is 5.63. The second-order valence-electron chi connectivity index (χ2n) is 5.84. The molecule has 0 aliphatic heterocycles. The van der Waals surface area contributed by atoms with Crippen molar-refractivity contribution in [1.29, 1.82) is 0 Å². The maximum absolute atomic E-state index is 5.24. The van der Waals surface area contributed by atoms with Crippen molar-refractivity contribution in [3.8, 4) is 17.2 Å². The lowest BCUT2D eigenvalue weighted by atomic mass is 10.2. The highest BCUT2D eigenvalue weighted by Crippen LogP contribution is 2.23. The number of fused-ring (bicyclic) bond motifs is 1. The minimum absolute atomic E-state index is 0. The lowest BCUT2D eigenvalue weighted by Gasteiger charge is -2.05. The second-order valence-corrected chi connectivity index (χ2v) is 6.75. The summed E-state index contributed by atoms with van der Waals surface area (Å²) in [4.78, 5) is 0. The van der Waals surface area contributed by atoms with E-state index in [2.05, 4.69) is 32.5 Å². The van der Waals surface area contributed by atoms with E-state index >= 15 is 0 Å². The first-order valence-electron chi connectivity index (χ1n) is 8.53. The Bertz CT molecular complexity index is 1050. The molecule has 4 rings (SSSR count). The van der Waals surface area contributed by atoms with E-state index in [1.807, 2.05) is 71.5 Å². The Balaban J connectivity index is 0.000000234. The highest BCUT2D eigenvalue weighted by Gasteiger charge is 2.05. The molecule has 3 aromatic carbocycles. The average molecular weight is 478 g/mol. The van der Waals surface area contributed by atoms with E-state index in [9.17, 15) is 0 Å². The number of hydrogen-bond acceptors (Lipinski definition) is 5. The minimum atomic E-state index is 0. The van der Waals surface area contributed by atoms with E-state index in [0.29, 0.717) is 0 Å². The molecule has 1 heterocycles. The number of nitrogens with one attached hydrogen (secondary N) is 1. The van der Waals surface area contributed by atoms with E-state index in [0.717, 1.165) is 38.2 Å². The van der Waals surface area contributed by atoms with Crippen molar-refractivity contribution in [1.82, 2.24) is 9.78 Å². The SMILES string of the molecule is COc1cccc(-n2ncc3cc(Br)ccc32)c1.COc1cccc(NN)c1.Cl. The number of ether oxygens (including phenoxy) is 2. The normalized spacial score (nSPS) is 9.79. The Kier molecular flexibility index (Phi) is 8.33. The molecule has 6 nitrogen and oxygen atoms in total. The van der Waals surface area contributed by atoms with Gasteiger partial charge in [-0.2, -0.15) is 5.10 Å². The number of halogens is 2. The summed E-state index contributed by atoms with van der Waals surface area (Å²) in [7, 11) is 3.28. The number of benzene rings is 3. The summed E-state index contributed by atoms with van der Waals surface area (Å²) >= 11 is 3.46. The van der Waals surface area contributed by atoms with E-state index < -0.39 is 0 Å². The largest absolute Gasteiger partial charge is 0.497 e. The predicted molar refractivity (Wildman–Crippen MR) is 123 cm³/mol. The number of hydrazine groups is 1. The van der Waals surface area contributed by atoms with E-state index in [-0.39, 0.29) is 12.4 Å². The number of nitrogen functional groups attached to an aromatic ring is 1. The first-order valence-corrected chi connectivity index (χ1v) is 9.32. The quantitative estimate of drug-likeness (QED) is 0.312. The molecule has 3 N–H and O–H groups in total. The molecule has 0 radical (unpaired) electrons. The van der Waals surface area contributed by atoms with Gasteiger partial charge < -0.3 is 14.9 Å². The molecule has 0 spiro atoms. The maximum Gasteiger partial charge on any atom is 0.121 e. The predicted octanol–water partition coefficient (Wildman–Crippen LogP) is 5.20. The van der Waals surface area contributed by atoms with Gasteiger partial charge in [0, 0.05) is 22.0 Å². The van der Waals surface area contributed by atoms with Gasteiger partial charge in [0.2, 0.25) is 0 Å². The number of anilines is 1. The average Bonchev–Trinajstić information content (AvgIpc) is 3.17. The summed E-state index contributed by atoms with van der Waals surface area (Å²) in [5.74, 6) is 6.80. The van der Waals surface area contributed by atoms with Crippen molar-refractivity contribution in [2.75, 3.05) is 19.6 Å². The van der Waals surface area contributed by atoms with Crippen molar-refractivity contribution < 1.29 is 9.47 Å². The fourth-order valence-corrected chi connectivity index (χ4v) is 3.04. The van der Waals surface area contributed by atoms with Crippen molar-refractivity contribution in [2.45, 2.75) is 0 Å². The van der Waals surface area contributed by atoms with E-state index in [1.54, 1.807) is 14.2 Å². The summed E-state index contributed by atoms with van der Waals surface area (Å²) in [5, 5.41) is 5.53. The van der Waals surface area contributed by atoms with Gasteiger partial charge in [-0.3, -0.25) is 5.84 Å². The molecule has 4 aromatic rings. The monoisotopic (exact) mass is 476 g/mol. The van der Waals surface area contributed by atoms with Gasteiger partial charge in [-0.15, -0.1) is 12.4 Å². The molecular weight excluding hydrogens is 456 g/mol. The van der Waals surface area contributed by atoms with Gasteiger partial charge in [-0.1, -0.05) is 28.1 Å². The fraction of sp³-hybridized carbons (Fsp3) is 0.0952. The Morgan fingerprint density at radius 1 is 0.931 bits per heavy atom. The van der Waals surface area contributed by atoms with Crippen LogP contribution in [0.25, 0.3) is 16.6 Å². The van der Waals surface area contributed by atoms with Crippen LogP contribution in [0.1, 0.15) is 0 Å². The third-order valence-electron chi connectivity index (χ3n) is 4.06. The van der Waals surface area contributed by atoms with Crippen molar-refractivity contribution in [2.24, 2.45) is 5.84 Å². The zero-order chi connectivity index (χ0) is 19.9. The maximum atomic E-state index is 5.24. The van der Waals surface area contributed by atoms with Crippen molar-refractivity contribution in [3.63, 3.8) is 0 Å². The molecule has 0 saturated carbocycles. The Hall–Kier alpha value is -2.74. The third-order valence-corrected chi connectivity index (χ3v) is 4.56. The van der Waals surface area contributed by atoms with Gasteiger partial charge in [0.25, 0.3) is 0 Å². The smallest absolute Gasteiger partial charge is 0.121 e. The Labute approximate surface area is 184 Å². The molecular formula is C21H22BrClN4O2. The van der Waals surface area contributed by atoms with Crippen LogP contribution in [0.15, 0.2) is 77.4 Å². The number of rotatable bonds is 4. The number of hydrogen-bond donors (Lipinski definition) is 2. The molecule has 0 saturated heterocycles. The van der Waals surface area contributed by atoms with Crippen LogP contribution in [0.5, 0.6) is 11.5 Å². The first-order chi connectivity index (χ1) is 13.6. The van der Waals surface area contributed by atoms with Crippen LogP contribution in [0.2, 0.25) is 0 Å². The molecule has 29 heavy (non-hydrogen) atoms. The van der Waals surface area contributed by atoms with Crippen LogP contribution < -0.4 is 20.7 Å². The Morgan fingerprint density at radius 3 is 2.31 bits per heavy atom. The molecule has 0 fully saturated rings. The van der Waals surface area contributed by atoms with Gasteiger partial charge >= 0.3 is 0 Å². The number of aromatic nitrogens is 2. The summed E-state index contributed by atoms with van der Waals surface area (Å²) in [6, 6.07) is 21.4. The molecule has 0 bridgehead atoms. The summed E-state index contributed by atoms with van der Waals surface area (Å²) < 4.78 is 13.2. The van der Waals surface area contributed by atoms with Crippen LogP contribution in [-0.2, 0) is 0 Å². The second kappa shape index (κ2) is 10.7. The fourth-order valence-electron chi connectivity index (χ4n) is 2.66. The molecule has 8 heteroatoms. The van der Waals surface area contributed by atoms with Gasteiger partial charge in [0.15, 0.2) is 0 Å². The number of nitrogens with two attached hydrogens (primary N) is 1. The summed E-state index contributed by atoms with van der Waals surface area (Å²) in [6.07, 6.45) is 1.86. The van der Waals surface area contributed by atoms with E-state index in [4.69, 9.17) is 15.3 Å². The standard InChI is InChI=1S/C14H11BrN2O.C7H10N2O.ClH/c1-18-13-4-2-3-12(8-13)17-14-6-5-11(15)7-10(14)9-16-17;1-10-7-4-2-3-6(5-7)9-8;/h2-9H,1H3;2-5,9H,8H2,1H3;1H. The molecule has 0 unspecified atom stereocenters. The molecule has 0 aliphatic rings. The van der Waals surface area contributed by atoms with Crippen LogP contribution in [0, 0.1) is 0 Å². The van der Waals surface area contributed by atoms with Gasteiger partial charge in [0.05, 0.1) is 37.3 Å². The van der Waals surface area contributed by atoms with E-state index in [1.165, 1.54) is 0 Å². The van der Waals surface area contributed by atoms with Crippen LogP contribution in [0.3, 0.4) is 0 Å². The summed E-state index contributed by atoms with van der Waals surface area (Å²) in [5.41, 5.74) is 5.44. The van der Waals surface area contributed by atoms with Gasteiger partial charge in [-0.25, -0.2) is 4.68 Å². The molecule has 0 atom stereocenters. The van der Waals surface area contributed by atoms with Gasteiger partial charge in [0.1, 0.15) is 11.5 Å². The van der Waals surface area contributed by atoms with Crippen LogP contribution in [0.4, 0.5) is 5.69 Å². The molecule has 0 aliphatic carbocycles. The summed E-state index contributed by atoms with van der Waals surface area (Å²) in [6.45, 7) is 0. The van der Waals surface area contributed by atoms with Crippen molar-refractivity contribution >= 4 is 44.9 Å². The lowest BCUT2D eigenvalue weighted by molar-refractivity contribution is 0.414. The number of nitrogens with zero attached hydrogens (tertiary/aromatic N) is 2. The zero-order valence-corrected chi connectivity index (χ0v) is 18.4.